The van der Waals surface area contributed by atoms with Crippen LogP contribution in [0.3, 0.4) is 0 Å². The van der Waals surface area contributed by atoms with Crippen LogP contribution < -0.4 is 0 Å². The van der Waals surface area contributed by atoms with Gasteiger partial charge in [-0.15, -0.1) is 5.10 Å². The fourth-order valence-electron chi connectivity index (χ4n) is 1.55. The van der Waals surface area contributed by atoms with Gasteiger partial charge in [0.05, 0.1) is 22.9 Å². The zero-order valence-corrected chi connectivity index (χ0v) is 11.6. The maximum atomic E-state index is 10.8. The van der Waals surface area contributed by atoms with Crippen molar-refractivity contribution in [3.63, 3.8) is 0 Å². The summed E-state index contributed by atoms with van der Waals surface area (Å²) < 4.78 is 2.05. The van der Waals surface area contributed by atoms with E-state index in [4.69, 9.17) is 0 Å². The molecule has 0 bridgehead atoms. The smallest absolute Gasteiger partial charge is 0.271 e. The summed E-state index contributed by atoms with van der Waals surface area (Å²) in [6.45, 7) is 1.83. The minimum atomic E-state index is -0.689. The van der Waals surface area contributed by atoms with Crippen LogP contribution in [0.4, 0.5) is 5.69 Å². The average molecular weight is 327 g/mol. The summed E-state index contributed by atoms with van der Waals surface area (Å²) in [5.74, 6) is 0. The normalized spacial score (nSPS) is 12.4. The van der Waals surface area contributed by atoms with Gasteiger partial charge in [0.15, 0.2) is 0 Å². The lowest BCUT2D eigenvalue weighted by molar-refractivity contribution is -0.384. The lowest BCUT2D eigenvalue weighted by Gasteiger charge is -2.03. The molecule has 0 radical (unpaired) electrons. The maximum Gasteiger partial charge on any atom is 0.271 e. The first-order valence-electron chi connectivity index (χ1n) is 5.57. The standard InChI is InChI=1S/C11H11BrN4O3/c1-2-11(17)9-6-15(14-13-9)10-5-7(16(18)19)3-4-8(10)12/h3-6,11,17H,2H2,1H3. The van der Waals surface area contributed by atoms with Crippen LogP contribution >= 0.6 is 15.9 Å². The van der Waals surface area contributed by atoms with E-state index in [1.54, 1.807) is 12.3 Å². The van der Waals surface area contributed by atoms with Crippen LogP contribution in [0.15, 0.2) is 28.9 Å². The van der Waals surface area contributed by atoms with Crippen LogP contribution in [0.1, 0.15) is 25.1 Å². The van der Waals surface area contributed by atoms with E-state index in [0.29, 0.717) is 22.3 Å². The molecule has 1 unspecified atom stereocenters. The number of aliphatic hydroxyl groups is 1. The second kappa shape index (κ2) is 5.45. The van der Waals surface area contributed by atoms with Crippen molar-refractivity contribution in [2.45, 2.75) is 19.4 Å². The summed E-state index contributed by atoms with van der Waals surface area (Å²) in [6.07, 6.45) is 1.39. The van der Waals surface area contributed by atoms with E-state index in [0.717, 1.165) is 0 Å². The van der Waals surface area contributed by atoms with Crippen LogP contribution in [0, 0.1) is 10.1 Å². The molecular weight excluding hydrogens is 316 g/mol. The van der Waals surface area contributed by atoms with Crippen LogP contribution in [0.25, 0.3) is 5.69 Å². The van der Waals surface area contributed by atoms with Crippen LogP contribution in [-0.2, 0) is 0 Å². The number of hydrogen-bond acceptors (Lipinski definition) is 5. The molecule has 0 spiro atoms. The van der Waals surface area contributed by atoms with Crippen LogP contribution in [0.5, 0.6) is 0 Å². The Hall–Kier alpha value is -1.80. The molecule has 0 saturated carbocycles. The number of aliphatic hydroxyl groups excluding tert-OH is 1. The number of halogens is 1. The van der Waals surface area contributed by atoms with Crippen molar-refractivity contribution >= 4 is 21.6 Å². The monoisotopic (exact) mass is 326 g/mol. The van der Waals surface area contributed by atoms with Crippen molar-refractivity contribution in [1.82, 2.24) is 15.0 Å². The highest BCUT2D eigenvalue weighted by atomic mass is 79.9. The fraction of sp³-hybridized carbons (Fsp3) is 0.273. The number of nitro groups is 1. The summed E-state index contributed by atoms with van der Waals surface area (Å²) in [5.41, 5.74) is 0.892. The molecule has 0 aliphatic heterocycles. The van der Waals surface area contributed by atoms with E-state index in [9.17, 15) is 15.2 Å². The lowest BCUT2D eigenvalue weighted by Crippen LogP contribution is -1.98. The molecule has 1 aromatic carbocycles. The van der Waals surface area contributed by atoms with Gasteiger partial charge in [0, 0.05) is 16.6 Å². The van der Waals surface area contributed by atoms with Gasteiger partial charge in [-0.1, -0.05) is 12.1 Å². The zero-order valence-electron chi connectivity index (χ0n) is 10.0. The van der Waals surface area contributed by atoms with E-state index < -0.39 is 11.0 Å². The number of non-ortho nitro benzene ring substituents is 1. The number of nitrogens with zero attached hydrogens (tertiary/aromatic N) is 4. The van der Waals surface area contributed by atoms with E-state index in [1.165, 1.54) is 16.8 Å². The van der Waals surface area contributed by atoms with Gasteiger partial charge < -0.3 is 5.11 Å². The molecule has 0 fully saturated rings. The Labute approximate surface area is 117 Å². The van der Waals surface area contributed by atoms with Gasteiger partial charge in [0.25, 0.3) is 5.69 Å². The first kappa shape index (κ1) is 13.6. The van der Waals surface area contributed by atoms with Gasteiger partial charge in [-0.2, -0.15) is 0 Å². The number of hydrogen-bond donors (Lipinski definition) is 1. The summed E-state index contributed by atoms with van der Waals surface area (Å²) in [5, 5.41) is 28.1. The molecular formula is C11H11BrN4O3. The SMILES string of the molecule is CCC(O)c1cn(-c2cc([N+](=O)[O-])ccc2Br)nn1. The zero-order chi connectivity index (χ0) is 14.0. The summed E-state index contributed by atoms with van der Waals surface area (Å²) in [7, 11) is 0. The van der Waals surface area contributed by atoms with Crippen molar-refractivity contribution in [1.29, 1.82) is 0 Å². The summed E-state index contributed by atoms with van der Waals surface area (Å²) in [6, 6.07) is 4.36. The molecule has 7 nitrogen and oxygen atoms in total. The van der Waals surface area contributed by atoms with Gasteiger partial charge in [-0.05, 0) is 28.4 Å². The Bertz CT molecular complexity index is 614. The van der Waals surface area contributed by atoms with Crippen molar-refractivity contribution in [2.24, 2.45) is 0 Å². The summed E-state index contributed by atoms with van der Waals surface area (Å²) in [4.78, 5) is 10.3. The Kier molecular flexibility index (Phi) is 3.91. The first-order valence-corrected chi connectivity index (χ1v) is 6.37. The van der Waals surface area contributed by atoms with E-state index in [2.05, 4.69) is 26.2 Å². The third kappa shape index (κ3) is 2.79. The molecule has 1 heterocycles. The number of rotatable bonds is 4. The second-order valence-electron chi connectivity index (χ2n) is 3.90. The van der Waals surface area contributed by atoms with Crippen molar-refractivity contribution in [3.05, 3.63) is 44.7 Å². The predicted molar refractivity (Wildman–Crippen MR) is 71.0 cm³/mol. The Morgan fingerprint density at radius 1 is 1.58 bits per heavy atom. The molecule has 0 aliphatic rings. The predicted octanol–water partition coefficient (Wildman–Crippen LogP) is 2.38. The second-order valence-corrected chi connectivity index (χ2v) is 4.76. The Morgan fingerprint density at radius 2 is 2.32 bits per heavy atom. The van der Waals surface area contributed by atoms with E-state index >= 15 is 0 Å². The first-order chi connectivity index (χ1) is 9.02. The molecule has 2 aromatic rings. The van der Waals surface area contributed by atoms with Gasteiger partial charge >= 0.3 is 0 Å². The molecule has 100 valence electrons. The molecule has 19 heavy (non-hydrogen) atoms. The Balaban J connectivity index is 2.43. The number of aromatic nitrogens is 3. The molecule has 0 amide bonds. The lowest BCUT2D eigenvalue weighted by atomic mass is 10.2. The van der Waals surface area contributed by atoms with Gasteiger partial charge in [-0.3, -0.25) is 10.1 Å². The topological polar surface area (TPSA) is 94.1 Å². The minimum absolute atomic E-state index is 0.0358. The molecule has 0 saturated heterocycles. The molecule has 1 atom stereocenters. The number of benzene rings is 1. The van der Waals surface area contributed by atoms with E-state index in [1.807, 2.05) is 6.92 Å². The van der Waals surface area contributed by atoms with Crippen molar-refractivity contribution in [3.8, 4) is 5.69 Å². The molecule has 8 heteroatoms. The molecule has 2 rings (SSSR count). The highest BCUT2D eigenvalue weighted by molar-refractivity contribution is 9.10. The van der Waals surface area contributed by atoms with Crippen LogP contribution in [0.2, 0.25) is 0 Å². The average Bonchev–Trinajstić information content (AvgIpc) is 2.87. The highest BCUT2D eigenvalue weighted by Gasteiger charge is 2.15. The molecule has 1 N–H and O–H groups in total. The maximum absolute atomic E-state index is 10.8. The third-order valence-corrected chi connectivity index (χ3v) is 3.30. The Morgan fingerprint density at radius 3 is 2.95 bits per heavy atom. The number of nitro benzene ring substituents is 1. The summed E-state index contributed by atoms with van der Waals surface area (Å²) >= 11 is 3.31. The van der Waals surface area contributed by atoms with Gasteiger partial charge in [0.1, 0.15) is 5.69 Å². The third-order valence-electron chi connectivity index (χ3n) is 2.63. The fourth-order valence-corrected chi connectivity index (χ4v) is 1.97. The van der Waals surface area contributed by atoms with Gasteiger partial charge in [0.2, 0.25) is 0 Å². The molecule has 0 aliphatic carbocycles. The quantitative estimate of drug-likeness (QED) is 0.687. The van der Waals surface area contributed by atoms with E-state index in [-0.39, 0.29) is 5.69 Å². The highest BCUT2D eigenvalue weighted by Crippen LogP contribution is 2.26. The van der Waals surface area contributed by atoms with Crippen molar-refractivity contribution in [2.75, 3.05) is 0 Å². The molecule has 1 aromatic heterocycles. The van der Waals surface area contributed by atoms with Gasteiger partial charge in [-0.25, -0.2) is 4.68 Å². The largest absolute Gasteiger partial charge is 0.387 e. The minimum Gasteiger partial charge on any atom is -0.387 e. The van der Waals surface area contributed by atoms with Crippen molar-refractivity contribution < 1.29 is 10.0 Å². The van der Waals surface area contributed by atoms with Crippen LogP contribution in [-0.4, -0.2) is 25.0 Å².